The number of pyridine rings is 1. The molecule has 1 heterocycles. The van der Waals surface area contributed by atoms with Crippen molar-refractivity contribution in [2.24, 2.45) is 0 Å². The van der Waals surface area contributed by atoms with Crippen LogP contribution in [0.15, 0.2) is 42.6 Å². The Balaban J connectivity index is 2.14. The number of benzene rings is 1. The number of para-hydroxylation sites is 2. The number of nitrogens with one attached hydrogen (secondary N) is 2. The molecule has 7 heteroatoms. The maximum absolute atomic E-state index is 11.9. The Morgan fingerprint density at radius 1 is 1.14 bits per heavy atom. The van der Waals surface area contributed by atoms with Crippen LogP contribution in [-0.4, -0.2) is 29.2 Å². The second-order valence-corrected chi connectivity index (χ2v) is 3.98. The summed E-state index contributed by atoms with van der Waals surface area (Å²) in [5.41, 5.74) is 0.373. The topological polar surface area (TPSA) is 101 Å². The fourth-order valence-corrected chi connectivity index (χ4v) is 1.69. The number of carboxylic acids is 1. The van der Waals surface area contributed by atoms with Crippen LogP contribution in [0.5, 0.6) is 5.75 Å². The fraction of sp³-hybridized carbons (Fsp3) is 0.0714. The van der Waals surface area contributed by atoms with Crippen LogP contribution >= 0.6 is 0 Å². The van der Waals surface area contributed by atoms with Gasteiger partial charge in [0, 0.05) is 6.20 Å². The Bertz CT molecular complexity index is 673. The highest BCUT2D eigenvalue weighted by Crippen LogP contribution is 2.23. The van der Waals surface area contributed by atoms with Crippen molar-refractivity contribution < 1.29 is 19.4 Å². The number of rotatable bonds is 4. The molecule has 0 unspecified atom stereocenters. The molecule has 0 spiro atoms. The lowest BCUT2D eigenvalue weighted by molar-refractivity contribution is 0.0697. The first-order chi connectivity index (χ1) is 10.1. The molecule has 3 N–H and O–H groups in total. The van der Waals surface area contributed by atoms with Crippen LogP contribution in [0, 0.1) is 0 Å². The van der Waals surface area contributed by atoms with Crippen molar-refractivity contribution in [2.45, 2.75) is 0 Å². The highest BCUT2D eigenvalue weighted by molar-refractivity contribution is 6.04. The van der Waals surface area contributed by atoms with Gasteiger partial charge in [-0.1, -0.05) is 12.1 Å². The molecule has 0 bridgehead atoms. The van der Waals surface area contributed by atoms with E-state index in [1.54, 1.807) is 24.3 Å². The van der Waals surface area contributed by atoms with E-state index in [-0.39, 0.29) is 11.4 Å². The largest absolute Gasteiger partial charge is 0.495 e. The summed E-state index contributed by atoms with van der Waals surface area (Å²) >= 11 is 0. The van der Waals surface area contributed by atoms with Crippen LogP contribution < -0.4 is 15.4 Å². The van der Waals surface area contributed by atoms with E-state index in [2.05, 4.69) is 15.6 Å². The molecule has 0 saturated carbocycles. The van der Waals surface area contributed by atoms with Crippen LogP contribution in [0.3, 0.4) is 0 Å². The minimum atomic E-state index is -1.17. The molecule has 0 saturated heterocycles. The molecular weight excluding hydrogens is 274 g/mol. The number of urea groups is 1. The highest BCUT2D eigenvalue weighted by Gasteiger charge is 2.14. The van der Waals surface area contributed by atoms with Gasteiger partial charge in [-0.15, -0.1) is 0 Å². The number of methoxy groups -OCH3 is 1. The van der Waals surface area contributed by atoms with Gasteiger partial charge in [0.2, 0.25) is 0 Å². The fourth-order valence-electron chi connectivity index (χ4n) is 1.69. The van der Waals surface area contributed by atoms with Crippen molar-refractivity contribution in [3.05, 3.63) is 48.2 Å². The standard InChI is InChI=1S/C14H13N3O4/c1-21-11-7-3-2-6-10(11)16-14(20)17-12-9(13(18)19)5-4-8-15-12/h2-8H,1H3,(H,18,19)(H2,15,16,17,20). The van der Waals surface area contributed by atoms with E-state index in [9.17, 15) is 9.59 Å². The van der Waals surface area contributed by atoms with Crippen molar-refractivity contribution in [3.8, 4) is 5.75 Å². The van der Waals surface area contributed by atoms with E-state index in [1.165, 1.54) is 25.4 Å². The number of carbonyl (C=O) groups excluding carboxylic acids is 1. The average Bonchev–Trinajstić information content (AvgIpc) is 2.48. The van der Waals surface area contributed by atoms with E-state index in [0.717, 1.165) is 0 Å². The lowest BCUT2D eigenvalue weighted by Gasteiger charge is -2.11. The van der Waals surface area contributed by atoms with Gasteiger partial charge >= 0.3 is 12.0 Å². The van der Waals surface area contributed by atoms with Crippen LogP contribution in [-0.2, 0) is 0 Å². The van der Waals surface area contributed by atoms with Crippen LogP contribution in [0.4, 0.5) is 16.3 Å². The summed E-state index contributed by atoms with van der Waals surface area (Å²) in [6.45, 7) is 0. The first-order valence-electron chi connectivity index (χ1n) is 6.01. The minimum Gasteiger partial charge on any atom is -0.495 e. The van der Waals surface area contributed by atoms with Gasteiger partial charge in [0.1, 0.15) is 17.1 Å². The van der Waals surface area contributed by atoms with Crippen LogP contribution in [0.1, 0.15) is 10.4 Å². The number of hydrogen-bond acceptors (Lipinski definition) is 4. The number of aromatic carboxylic acids is 1. The summed E-state index contributed by atoms with van der Waals surface area (Å²) in [5.74, 6) is -0.708. The zero-order valence-corrected chi connectivity index (χ0v) is 11.2. The summed E-state index contributed by atoms with van der Waals surface area (Å²) < 4.78 is 5.11. The molecule has 0 atom stereocenters. The SMILES string of the molecule is COc1ccccc1NC(=O)Nc1ncccc1C(=O)O. The molecule has 7 nitrogen and oxygen atoms in total. The molecule has 0 aliphatic rings. The number of amides is 2. The van der Waals surface area contributed by atoms with Crippen molar-refractivity contribution in [1.82, 2.24) is 4.98 Å². The van der Waals surface area contributed by atoms with E-state index < -0.39 is 12.0 Å². The quantitative estimate of drug-likeness (QED) is 0.801. The maximum Gasteiger partial charge on any atom is 0.339 e. The van der Waals surface area contributed by atoms with Crippen LogP contribution in [0.25, 0.3) is 0 Å². The Morgan fingerprint density at radius 3 is 2.62 bits per heavy atom. The molecule has 2 aromatic rings. The number of carbonyl (C=O) groups is 2. The lowest BCUT2D eigenvalue weighted by atomic mass is 10.2. The number of aromatic nitrogens is 1. The number of carboxylic acid groups (broad SMARTS) is 1. The first kappa shape index (κ1) is 14.3. The van der Waals surface area contributed by atoms with Crippen molar-refractivity contribution in [3.63, 3.8) is 0 Å². The summed E-state index contributed by atoms with van der Waals surface area (Å²) in [4.78, 5) is 26.8. The molecule has 0 aliphatic heterocycles. The minimum absolute atomic E-state index is 0.0302. The average molecular weight is 287 g/mol. The Kier molecular flexibility index (Phi) is 4.35. The third kappa shape index (κ3) is 3.47. The number of anilines is 2. The maximum atomic E-state index is 11.9. The van der Waals surface area contributed by atoms with Gasteiger partial charge in [-0.05, 0) is 24.3 Å². The highest BCUT2D eigenvalue weighted by atomic mass is 16.5. The Labute approximate surface area is 120 Å². The molecule has 1 aromatic carbocycles. The molecule has 0 fully saturated rings. The van der Waals surface area contributed by atoms with Gasteiger partial charge in [-0.25, -0.2) is 14.6 Å². The second kappa shape index (κ2) is 6.38. The predicted molar refractivity (Wildman–Crippen MR) is 76.8 cm³/mol. The van der Waals surface area contributed by atoms with Gasteiger partial charge in [0.15, 0.2) is 0 Å². The molecule has 1 aromatic heterocycles. The Hall–Kier alpha value is -3.09. The molecular formula is C14H13N3O4. The number of hydrogen-bond donors (Lipinski definition) is 3. The monoisotopic (exact) mass is 287 g/mol. The summed E-state index contributed by atoms with van der Waals surface area (Å²) in [6, 6.07) is 9.08. The van der Waals surface area contributed by atoms with Gasteiger partial charge in [-0.3, -0.25) is 5.32 Å². The Morgan fingerprint density at radius 2 is 1.90 bits per heavy atom. The predicted octanol–water partition coefficient (Wildman–Crippen LogP) is 2.43. The van der Waals surface area contributed by atoms with Gasteiger partial charge < -0.3 is 15.2 Å². The molecule has 0 radical (unpaired) electrons. The normalized spacial score (nSPS) is 9.76. The third-order valence-electron chi connectivity index (χ3n) is 2.63. The van der Waals surface area contributed by atoms with Crippen molar-refractivity contribution >= 4 is 23.5 Å². The zero-order valence-electron chi connectivity index (χ0n) is 11.2. The molecule has 108 valence electrons. The second-order valence-electron chi connectivity index (χ2n) is 3.98. The van der Waals surface area contributed by atoms with Crippen molar-refractivity contribution in [2.75, 3.05) is 17.7 Å². The molecule has 2 rings (SSSR count). The summed E-state index contributed by atoms with van der Waals surface area (Å²) in [6.07, 6.45) is 1.39. The number of nitrogens with zero attached hydrogens (tertiary/aromatic N) is 1. The summed E-state index contributed by atoms with van der Waals surface area (Å²) in [7, 11) is 1.49. The van der Waals surface area contributed by atoms with E-state index in [4.69, 9.17) is 9.84 Å². The number of ether oxygens (including phenoxy) is 1. The van der Waals surface area contributed by atoms with E-state index in [1.807, 2.05) is 0 Å². The first-order valence-corrected chi connectivity index (χ1v) is 6.01. The van der Waals surface area contributed by atoms with Gasteiger partial charge in [-0.2, -0.15) is 0 Å². The summed E-state index contributed by atoms with van der Waals surface area (Å²) in [5, 5.41) is 14.0. The zero-order chi connectivity index (χ0) is 15.2. The third-order valence-corrected chi connectivity index (χ3v) is 2.63. The van der Waals surface area contributed by atoms with Crippen LogP contribution in [0.2, 0.25) is 0 Å². The van der Waals surface area contributed by atoms with Gasteiger partial charge in [0.25, 0.3) is 0 Å². The molecule has 2 amide bonds. The van der Waals surface area contributed by atoms with E-state index in [0.29, 0.717) is 11.4 Å². The van der Waals surface area contributed by atoms with Gasteiger partial charge in [0.05, 0.1) is 12.8 Å². The van der Waals surface area contributed by atoms with E-state index >= 15 is 0 Å². The smallest absolute Gasteiger partial charge is 0.339 e. The molecule has 0 aliphatic carbocycles. The lowest BCUT2D eigenvalue weighted by Crippen LogP contribution is -2.22. The molecule has 21 heavy (non-hydrogen) atoms. The van der Waals surface area contributed by atoms with Crippen molar-refractivity contribution in [1.29, 1.82) is 0 Å².